The van der Waals surface area contributed by atoms with Crippen LogP contribution >= 0.6 is 11.3 Å². The Balaban J connectivity index is 1.63. The highest BCUT2D eigenvalue weighted by Gasteiger charge is 2.37. The normalized spacial score (nSPS) is 29.8. The van der Waals surface area contributed by atoms with Gasteiger partial charge in [-0.05, 0) is 26.3 Å². The maximum Gasteiger partial charge on any atom is 0.0933 e. The van der Waals surface area contributed by atoms with E-state index in [2.05, 4.69) is 27.5 Å². The van der Waals surface area contributed by atoms with Crippen LogP contribution in [0.15, 0.2) is 5.38 Å². The quantitative estimate of drug-likeness (QED) is 0.879. The SMILES string of the molecule is Cc1nc(CN2CCCC3(CNCCO3)C2)cs1. The summed E-state index contributed by atoms with van der Waals surface area (Å²) in [5.41, 5.74) is 1.26. The third kappa shape index (κ3) is 2.74. The second kappa shape index (κ2) is 5.25. The predicted octanol–water partition coefficient (Wildman–Crippen LogP) is 1.41. The highest BCUT2D eigenvalue weighted by atomic mass is 32.1. The van der Waals surface area contributed by atoms with Crippen molar-refractivity contribution in [2.24, 2.45) is 0 Å². The molecule has 1 atom stereocenters. The largest absolute Gasteiger partial charge is 0.371 e. The van der Waals surface area contributed by atoms with Gasteiger partial charge in [0.15, 0.2) is 0 Å². The number of morpholine rings is 1. The monoisotopic (exact) mass is 267 g/mol. The van der Waals surface area contributed by atoms with E-state index >= 15 is 0 Å². The number of ether oxygens (including phenoxy) is 1. The van der Waals surface area contributed by atoms with Crippen LogP contribution in [0.5, 0.6) is 0 Å². The molecule has 1 N–H and O–H groups in total. The van der Waals surface area contributed by atoms with E-state index in [0.717, 1.165) is 37.8 Å². The van der Waals surface area contributed by atoms with Gasteiger partial charge < -0.3 is 10.1 Å². The second-order valence-corrected chi connectivity index (χ2v) is 6.44. The third-order valence-electron chi connectivity index (χ3n) is 3.80. The van der Waals surface area contributed by atoms with Gasteiger partial charge in [0.25, 0.3) is 0 Å². The summed E-state index contributed by atoms with van der Waals surface area (Å²) in [7, 11) is 0. The van der Waals surface area contributed by atoms with Crippen LogP contribution in [-0.4, -0.2) is 48.3 Å². The zero-order valence-corrected chi connectivity index (χ0v) is 11.8. The number of hydrogen-bond donors (Lipinski definition) is 1. The Bertz CT molecular complexity index is 395. The van der Waals surface area contributed by atoms with E-state index in [1.807, 2.05) is 0 Å². The maximum atomic E-state index is 6.06. The Hall–Kier alpha value is -0.490. The maximum absolute atomic E-state index is 6.06. The minimum Gasteiger partial charge on any atom is -0.371 e. The summed E-state index contributed by atoms with van der Waals surface area (Å²) >= 11 is 1.74. The number of aromatic nitrogens is 1. The Morgan fingerprint density at radius 3 is 3.28 bits per heavy atom. The van der Waals surface area contributed by atoms with E-state index in [0.29, 0.717) is 0 Å². The molecule has 0 aliphatic carbocycles. The Labute approximate surface area is 112 Å². The first-order valence-corrected chi connectivity index (χ1v) is 7.62. The van der Waals surface area contributed by atoms with E-state index in [9.17, 15) is 0 Å². The van der Waals surface area contributed by atoms with Crippen molar-refractivity contribution in [3.63, 3.8) is 0 Å². The van der Waals surface area contributed by atoms with E-state index in [4.69, 9.17) is 4.74 Å². The highest BCUT2D eigenvalue weighted by Crippen LogP contribution is 2.27. The fourth-order valence-corrected chi connectivity index (χ4v) is 3.61. The molecule has 100 valence electrons. The second-order valence-electron chi connectivity index (χ2n) is 5.38. The molecule has 3 rings (SSSR count). The average molecular weight is 267 g/mol. The van der Waals surface area contributed by atoms with Crippen molar-refractivity contribution < 1.29 is 4.74 Å². The number of rotatable bonds is 2. The van der Waals surface area contributed by atoms with Crippen LogP contribution in [0.2, 0.25) is 0 Å². The molecule has 2 aliphatic rings. The van der Waals surface area contributed by atoms with E-state index < -0.39 is 0 Å². The molecule has 1 aromatic heterocycles. The summed E-state index contributed by atoms with van der Waals surface area (Å²) in [6, 6.07) is 0. The third-order valence-corrected chi connectivity index (χ3v) is 4.63. The van der Waals surface area contributed by atoms with Gasteiger partial charge in [0.1, 0.15) is 0 Å². The molecule has 3 heterocycles. The van der Waals surface area contributed by atoms with Gasteiger partial charge in [0.05, 0.1) is 22.9 Å². The molecule has 1 unspecified atom stereocenters. The molecule has 0 bridgehead atoms. The minimum atomic E-state index is 0.0571. The lowest BCUT2D eigenvalue weighted by molar-refractivity contribution is -0.107. The standard InChI is InChI=1S/C13H21N3OS/c1-11-15-12(8-18-11)7-16-5-2-3-13(10-16)9-14-4-6-17-13/h8,14H,2-7,9-10H2,1H3. The number of aryl methyl sites for hydroxylation is 1. The molecule has 5 heteroatoms. The first-order chi connectivity index (χ1) is 8.76. The summed E-state index contributed by atoms with van der Waals surface area (Å²) in [4.78, 5) is 7.05. The molecule has 0 amide bonds. The van der Waals surface area contributed by atoms with Crippen LogP contribution in [0.3, 0.4) is 0 Å². The zero-order chi connectivity index (χ0) is 12.4. The summed E-state index contributed by atoms with van der Waals surface area (Å²) in [6.45, 7) is 8.09. The topological polar surface area (TPSA) is 37.4 Å². The van der Waals surface area contributed by atoms with Crippen LogP contribution < -0.4 is 5.32 Å². The molecule has 4 nitrogen and oxygen atoms in total. The van der Waals surface area contributed by atoms with Crippen molar-refractivity contribution in [1.29, 1.82) is 0 Å². The molecule has 0 radical (unpaired) electrons. The summed E-state index contributed by atoms with van der Waals surface area (Å²) in [5.74, 6) is 0. The van der Waals surface area contributed by atoms with Crippen molar-refractivity contribution in [2.45, 2.75) is 31.9 Å². The van der Waals surface area contributed by atoms with Crippen LogP contribution in [0.4, 0.5) is 0 Å². The summed E-state index contributed by atoms with van der Waals surface area (Å²) < 4.78 is 6.06. The lowest BCUT2D eigenvalue weighted by Gasteiger charge is -2.44. The van der Waals surface area contributed by atoms with Gasteiger partial charge in [-0.1, -0.05) is 0 Å². The molecular weight excluding hydrogens is 246 g/mol. The van der Waals surface area contributed by atoms with Crippen molar-refractivity contribution in [3.05, 3.63) is 16.1 Å². The molecule has 2 aliphatic heterocycles. The first kappa shape index (κ1) is 12.5. The van der Waals surface area contributed by atoms with Crippen molar-refractivity contribution in [1.82, 2.24) is 15.2 Å². The first-order valence-electron chi connectivity index (χ1n) is 6.74. The molecule has 1 spiro atoms. The Morgan fingerprint density at radius 2 is 2.56 bits per heavy atom. The van der Waals surface area contributed by atoms with Gasteiger partial charge in [0.2, 0.25) is 0 Å². The summed E-state index contributed by atoms with van der Waals surface area (Å²) in [6.07, 6.45) is 2.41. The fraction of sp³-hybridized carbons (Fsp3) is 0.769. The average Bonchev–Trinajstić information content (AvgIpc) is 2.76. The van der Waals surface area contributed by atoms with Gasteiger partial charge >= 0.3 is 0 Å². The lowest BCUT2D eigenvalue weighted by Crippen LogP contribution is -2.58. The zero-order valence-electron chi connectivity index (χ0n) is 10.9. The van der Waals surface area contributed by atoms with Crippen molar-refractivity contribution in [3.8, 4) is 0 Å². The predicted molar refractivity (Wildman–Crippen MR) is 72.9 cm³/mol. The van der Waals surface area contributed by atoms with Crippen molar-refractivity contribution >= 4 is 11.3 Å². The van der Waals surface area contributed by atoms with Gasteiger partial charge in [0, 0.05) is 31.6 Å². The highest BCUT2D eigenvalue weighted by molar-refractivity contribution is 7.09. The molecular formula is C13H21N3OS. The van der Waals surface area contributed by atoms with Gasteiger partial charge in [-0.15, -0.1) is 11.3 Å². The van der Waals surface area contributed by atoms with Crippen LogP contribution in [0.25, 0.3) is 0 Å². The van der Waals surface area contributed by atoms with E-state index in [1.54, 1.807) is 11.3 Å². The van der Waals surface area contributed by atoms with Gasteiger partial charge in [-0.2, -0.15) is 0 Å². The molecule has 0 aromatic carbocycles. The molecule has 1 aromatic rings. The van der Waals surface area contributed by atoms with Gasteiger partial charge in [-0.3, -0.25) is 4.90 Å². The number of hydrogen-bond acceptors (Lipinski definition) is 5. The molecule has 2 fully saturated rings. The Kier molecular flexibility index (Phi) is 3.66. The summed E-state index contributed by atoms with van der Waals surface area (Å²) in [5, 5.41) is 6.81. The number of likely N-dealkylation sites (tertiary alicyclic amines) is 1. The molecule has 0 saturated carbocycles. The van der Waals surface area contributed by atoms with Crippen LogP contribution in [-0.2, 0) is 11.3 Å². The minimum absolute atomic E-state index is 0.0571. The van der Waals surface area contributed by atoms with Crippen LogP contribution in [0, 0.1) is 6.92 Å². The van der Waals surface area contributed by atoms with Crippen LogP contribution in [0.1, 0.15) is 23.5 Å². The number of nitrogens with zero attached hydrogens (tertiary/aromatic N) is 2. The Morgan fingerprint density at radius 1 is 1.61 bits per heavy atom. The molecule has 2 saturated heterocycles. The fourth-order valence-electron chi connectivity index (χ4n) is 3.00. The van der Waals surface area contributed by atoms with E-state index in [-0.39, 0.29) is 5.60 Å². The number of thiazole rings is 1. The van der Waals surface area contributed by atoms with Crippen molar-refractivity contribution in [2.75, 3.05) is 32.8 Å². The number of nitrogens with one attached hydrogen (secondary N) is 1. The lowest BCUT2D eigenvalue weighted by atomic mass is 9.91. The number of piperidine rings is 1. The van der Waals surface area contributed by atoms with Gasteiger partial charge in [-0.25, -0.2) is 4.98 Å². The smallest absolute Gasteiger partial charge is 0.0933 e. The van der Waals surface area contributed by atoms with E-state index in [1.165, 1.54) is 25.1 Å². The molecule has 18 heavy (non-hydrogen) atoms.